The third kappa shape index (κ3) is 1.08. The molecule has 12 heavy (non-hydrogen) atoms. The summed E-state index contributed by atoms with van der Waals surface area (Å²) in [4.78, 5) is 3.89. The summed E-state index contributed by atoms with van der Waals surface area (Å²) in [7, 11) is 0. The van der Waals surface area contributed by atoms with Crippen molar-refractivity contribution in [2.75, 3.05) is 0 Å². The van der Waals surface area contributed by atoms with Crippen molar-refractivity contribution in [3.05, 3.63) is 43.0 Å². The summed E-state index contributed by atoms with van der Waals surface area (Å²) in [5, 5.41) is 10.0. The van der Waals surface area contributed by atoms with E-state index in [0.717, 1.165) is 0 Å². The molecule has 0 aliphatic heterocycles. The third-order valence-corrected chi connectivity index (χ3v) is 1.98. The fraction of sp³-hybridized carbons (Fsp3) is 0.222. The summed E-state index contributed by atoms with van der Waals surface area (Å²) in [5.74, 6) is 0. The van der Waals surface area contributed by atoms with E-state index in [4.69, 9.17) is 0 Å². The number of aromatic nitrogens is 2. The van der Waals surface area contributed by atoms with Crippen molar-refractivity contribution in [3.63, 3.8) is 0 Å². The lowest BCUT2D eigenvalue weighted by molar-refractivity contribution is 0.0154. The average molecular weight is 162 g/mol. The smallest absolute Gasteiger partial charge is 0.165 e. The van der Waals surface area contributed by atoms with Gasteiger partial charge in [-0.2, -0.15) is 0 Å². The van der Waals surface area contributed by atoms with E-state index in [1.54, 1.807) is 29.4 Å². The third-order valence-electron chi connectivity index (χ3n) is 1.98. The highest BCUT2D eigenvalue weighted by Gasteiger charge is 2.24. The Hall–Kier alpha value is -1.35. The molecule has 0 saturated carbocycles. The number of hydrogen-bond acceptors (Lipinski definition) is 2. The van der Waals surface area contributed by atoms with Gasteiger partial charge in [0.05, 0.1) is 6.33 Å². The summed E-state index contributed by atoms with van der Waals surface area (Å²) < 4.78 is 1.69. The van der Waals surface area contributed by atoms with Crippen LogP contribution in [0, 0.1) is 0 Å². The van der Waals surface area contributed by atoms with Crippen LogP contribution in [0.1, 0.15) is 6.42 Å². The van der Waals surface area contributed by atoms with Crippen LogP contribution in [0.15, 0.2) is 43.0 Å². The normalized spacial score (nSPS) is 27.8. The first-order valence-electron chi connectivity index (χ1n) is 3.86. The fourth-order valence-corrected chi connectivity index (χ4v) is 1.28. The second-order valence-electron chi connectivity index (χ2n) is 2.84. The van der Waals surface area contributed by atoms with Crippen molar-refractivity contribution in [2.45, 2.75) is 12.1 Å². The summed E-state index contributed by atoms with van der Waals surface area (Å²) in [5.41, 5.74) is -0.911. The molecule has 0 amide bonds. The minimum Gasteiger partial charge on any atom is -0.367 e. The van der Waals surface area contributed by atoms with Crippen LogP contribution >= 0.6 is 0 Å². The van der Waals surface area contributed by atoms with E-state index in [0.29, 0.717) is 6.42 Å². The highest BCUT2D eigenvalue weighted by atomic mass is 16.3. The molecule has 1 aliphatic carbocycles. The molecule has 2 rings (SSSR count). The van der Waals surface area contributed by atoms with E-state index in [-0.39, 0.29) is 0 Å². The van der Waals surface area contributed by atoms with E-state index >= 15 is 0 Å². The molecule has 1 aromatic rings. The van der Waals surface area contributed by atoms with E-state index in [2.05, 4.69) is 4.98 Å². The monoisotopic (exact) mass is 162 g/mol. The lowest BCUT2D eigenvalue weighted by Crippen LogP contribution is -2.30. The van der Waals surface area contributed by atoms with E-state index < -0.39 is 5.72 Å². The molecule has 0 radical (unpaired) electrons. The zero-order valence-corrected chi connectivity index (χ0v) is 6.59. The molecular formula is C9H10N2O. The minimum absolute atomic E-state index is 0.597. The Balaban J connectivity index is 2.34. The minimum atomic E-state index is -0.911. The fourth-order valence-electron chi connectivity index (χ4n) is 1.28. The molecule has 0 fully saturated rings. The molecule has 0 bridgehead atoms. The number of rotatable bonds is 1. The number of hydrogen-bond donors (Lipinski definition) is 1. The number of aliphatic hydroxyl groups is 1. The topological polar surface area (TPSA) is 38.0 Å². The predicted octanol–water partition coefficient (Wildman–Crippen LogP) is 1.04. The molecule has 62 valence electrons. The van der Waals surface area contributed by atoms with E-state index in [1.165, 1.54) is 0 Å². The molecule has 3 nitrogen and oxygen atoms in total. The standard InChI is InChI=1S/C9H10N2O/c12-9(4-2-1-3-5-9)11-7-6-10-8-11/h1-4,6-8,12H,5H2. The molecular weight excluding hydrogens is 152 g/mol. The van der Waals surface area contributed by atoms with E-state index in [9.17, 15) is 5.11 Å². The van der Waals surface area contributed by atoms with Crippen LogP contribution < -0.4 is 0 Å². The summed E-state index contributed by atoms with van der Waals surface area (Å²) >= 11 is 0. The highest BCUT2D eigenvalue weighted by molar-refractivity contribution is 5.16. The molecule has 1 N–H and O–H groups in total. The van der Waals surface area contributed by atoms with Crippen molar-refractivity contribution < 1.29 is 5.11 Å². The van der Waals surface area contributed by atoms with Gasteiger partial charge in [-0.25, -0.2) is 4.98 Å². The lowest BCUT2D eigenvalue weighted by Gasteiger charge is -2.26. The molecule has 1 atom stereocenters. The van der Waals surface area contributed by atoms with Crippen LogP contribution in [0.2, 0.25) is 0 Å². The van der Waals surface area contributed by atoms with Gasteiger partial charge >= 0.3 is 0 Å². The Labute approximate surface area is 70.7 Å². The van der Waals surface area contributed by atoms with Gasteiger partial charge < -0.3 is 9.67 Å². The van der Waals surface area contributed by atoms with Gasteiger partial charge in [0.15, 0.2) is 5.72 Å². The molecule has 1 unspecified atom stereocenters. The first kappa shape index (κ1) is 7.31. The quantitative estimate of drug-likeness (QED) is 0.670. The Morgan fingerprint density at radius 2 is 2.33 bits per heavy atom. The van der Waals surface area contributed by atoms with Crippen molar-refractivity contribution in [3.8, 4) is 0 Å². The van der Waals surface area contributed by atoms with Crippen LogP contribution in [0.25, 0.3) is 0 Å². The Morgan fingerprint density at radius 1 is 1.42 bits per heavy atom. The summed E-state index contributed by atoms with van der Waals surface area (Å²) in [6.07, 6.45) is 13.1. The first-order valence-corrected chi connectivity index (χ1v) is 3.86. The number of imidazole rings is 1. The second-order valence-corrected chi connectivity index (χ2v) is 2.84. The molecule has 1 aliphatic rings. The van der Waals surface area contributed by atoms with E-state index in [1.807, 2.05) is 18.2 Å². The van der Waals surface area contributed by atoms with Gasteiger partial charge in [-0.05, 0) is 6.08 Å². The first-order chi connectivity index (χ1) is 5.81. The van der Waals surface area contributed by atoms with Gasteiger partial charge in [-0.15, -0.1) is 0 Å². The molecule has 0 saturated heterocycles. The maximum atomic E-state index is 10.0. The Morgan fingerprint density at radius 3 is 2.92 bits per heavy atom. The van der Waals surface area contributed by atoms with Crippen molar-refractivity contribution >= 4 is 0 Å². The number of allylic oxidation sites excluding steroid dienone is 2. The average Bonchev–Trinajstić information content (AvgIpc) is 2.58. The van der Waals surface area contributed by atoms with Gasteiger partial charge in [0, 0.05) is 18.8 Å². The van der Waals surface area contributed by atoms with Crippen molar-refractivity contribution in [1.82, 2.24) is 9.55 Å². The zero-order valence-electron chi connectivity index (χ0n) is 6.59. The van der Waals surface area contributed by atoms with Crippen molar-refractivity contribution in [2.24, 2.45) is 0 Å². The Bertz CT molecular complexity index is 313. The van der Waals surface area contributed by atoms with Gasteiger partial charge in [0.1, 0.15) is 0 Å². The SMILES string of the molecule is OC1(n2ccnc2)C=CC=CC1. The van der Waals surface area contributed by atoms with Gasteiger partial charge in [0.2, 0.25) is 0 Å². The Kier molecular flexibility index (Phi) is 1.59. The van der Waals surface area contributed by atoms with Crippen LogP contribution in [-0.4, -0.2) is 14.7 Å². The molecule has 3 heteroatoms. The van der Waals surface area contributed by atoms with Gasteiger partial charge in [0.25, 0.3) is 0 Å². The largest absolute Gasteiger partial charge is 0.367 e. The highest BCUT2D eigenvalue weighted by Crippen LogP contribution is 2.22. The van der Waals surface area contributed by atoms with Gasteiger partial charge in [-0.1, -0.05) is 18.2 Å². The predicted molar refractivity (Wildman–Crippen MR) is 45.3 cm³/mol. The lowest BCUT2D eigenvalue weighted by atomic mass is 10.1. The molecule has 1 aromatic heterocycles. The molecule has 1 heterocycles. The maximum Gasteiger partial charge on any atom is 0.165 e. The second kappa shape index (κ2) is 2.60. The van der Waals surface area contributed by atoms with Crippen LogP contribution in [-0.2, 0) is 5.72 Å². The maximum absolute atomic E-state index is 10.0. The summed E-state index contributed by atoms with van der Waals surface area (Å²) in [6, 6.07) is 0. The van der Waals surface area contributed by atoms with Crippen LogP contribution in [0.3, 0.4) is 0 Å². The number of nitrogens with zero attached hydrogens (tertiary/aromatic N) is 2. The molecule has 0 aromatic carbocycles. The van der Waals surface area contributed by atoms with Crippen molar-refractivity contribution in [1.29, 1.82) is 0 Å². The van der Waals surface area contributed by atoms with Gasteiger partial charge in [-0.3, -0.25) is 0 Å². The summed E-state index contributed by atoms with van der Waals surface area (Å²) in [6.45, 7) is 0. The molecule has 0 spiro atoms. The van der Waals surface area contributed by atoms with Crippen LogP contribution in [0.5, 0.6) is 0 Å². The zero-order chi connectivity index (χ0) is 8.44. The van der Waals surface area contributed by atoms with Crippen LogP contribution in [0.4, 0.5) is 0 Å².